The molecule has 0 bridgehead atoms. The van der Waals surface area contributed by atoms with Crippen molar-refractivity contribution in [2.45, 2.75) is 25.9 Å². The largest absolute Gasteiger partial charge is 0.356 e. The molecule has 0 saturated carbocycles. The van der Waals surface area contributed by atoms with E-state index in [1.165, 1.54) is 30.3 Å². The normalized spacial score (nSPS) is 18.7. The van der Waals surface area contributed by atoms with E-state index in [1.54, 1.807) is 19.2 Å². The van der Waals surface area contributed by atoms with Crippen molar-refractivity contribution >= 4 is 17.3 Å². The van der Waals surface area contributed by atoms with Crippen LogP contribution in [-0.2, 0) is 13.1 Å². The maximum Gasteiger partial charge on any atom is 0.191 e. The van der Waals surface area contributed by atoms with Crippen molar-refractivity contribution in [1.29, 1.82) is 0 Å². The molecule has 1 aliphatic rings. The molecule has 2 N–H and O–H groups in total. The lowest BCUT2D eigenvalue weighted by atomic mass is 9.98. The number of likely N-dealkylation sites (tertiary alicyclic amines) is 1. The Hall–Kier alpha value is -1.92. The molecule has 2 heterocycles. The van der Waals surface area contributed by atoms with Gasteiger partial charge in [-0.2, -0.15) is 0 Å². The van der Waals surface area contributed by atoms with Crippen LogP contribution in [0.25, 0.3) is 0 Å². The number of aliphatic imine (C=N–C) groups is 1. The van der Waals surface area contributed by atoms with E-state index < -0.39 is 0 Å². The maximum absolute atomic E-state index is 13.7. The fourth-order valence-corrected chi connectivity index (χ4v) is 4.11. The van der Waals surface area contributed by atoms with Gasteiger partial charge in [-0.15, -0.1) is 11.3 Å². The highest BCUT2D eigenvalue weighted by atomic mass is 32.1. The van der Waals surface area contributed by atoms with Crippen LogP contribution in [0.5, 0.6) is 0 Å². The zero-order valence-electron chi connectivity index (χ0n) is 15.2. The standard InChI is InChI=1S/C20H27FN4S/c1-22-20(24-13-17-7-2-3-9-19(17)21)23-12-16-6-4-10-25(14-16)15-18-8-5-11-26-18/h2-3,5,7-9,11,16H,4,6,10,12-15H2,1H3,(H2,22,23,24). The molecular weight excluding hydrogens is 347 g/mol. The lowest BCUT2D eigenvalue weighted by Crippen LogP contribution is -2.44. The van der Waals surface area contributed by atoms with E-state index in [9.17, 15) is 4.39 Å². The van der Waals surface area contributed by atoms with Crippen molar-refractivity contribution in [2.24, 2.45) is 10.9 Å². The Morgan fingerprint density at radius 1 is 1.27 bits per heavy atom. The number of hydrogen-bond acceptors (Lipinski definition) is 3. The monoisotopic (exact) mass is 374 g/mol. The summed E-state index contributed by atoms with van der Waals surface area (Å²) in [7, 11) is 1.75. The van der Waals surface area contributed by atoms with E-state index >= 15 is 0 Å². The number of piperidine rings is 1. The molecular formula is C20H27FN4S. The minimum Gasteiger partial charge on any atom is -0.356 e. The van der Waals surface area contributed by atoms with Crippen molar-refractivity contribution in [3.63, 3.8) is 0 Å². The van der Waals surface area contributed by atoms with Gasteiger partial charge in [-0.25, -0.2) is 4.39 Å². The fraction of sp³-hybridized carbons (Fsp3) is 0.450. The molecule has 1 atom stereocenters. The molecule has 26 heavy (non-hydrogen) atoms. The SMILES string of the molecule is CN=C(NCc1ccccc1F)NCC1CCCN(Cc2cccs2)C1. The van der Waals surface area contributed by atoms with Gasteiger partial charge in [0.1, 0.15) is 5.82 Å². The smallest absolute Gasteiger partial charge is 0.191 e. The molecule has 1 aromatic carbocycles. The summed E-state index contributed by atoms with van der Waals surface area (Å²) in [5.74, 6) is 1.14. The summed E-state index contributed by atoms with van der Waals surface area (Å²) >= 11 is 1.83. The highest BCUT2D eigenvalue weighted by Crippen LogP contribution is 2.20. The van der Waals surface area contributed by atoms with Crippen LogP contribution in [-0.4, -0.2) is 37.5 Å². The van der Waals surface area contributed by atoms with Crippen molar-refractivity contribution in [3.05, 3.63) is 58.0 Å². The molecule has 1 aliphatic heterocycles. The summed E-state index contributed by atoms with van der Waals surface area (Å²) in [4.78, 5) is 8.23. The van der Waals surface area contributed by atoms with E-state index in [1.807, 2.05) is 17.4 Å². The van der Waals surface area contributed by atoms with E-state index in [-0.39, 0.29) is 5.82 Å². The Labute approximate surface area is 159 Å². The van der Waals surface area contributed by atoms with E-state index in [2.05, 4.69) is 38.0 Å². The number of nitrogens with one attached hydrogen (secondary N) is 2. The van der Waals surface area contributed by atoms with Crippen LogP contribution >= 0.6 is 11.3 Å². The van der Waals surface area contributed by atoms with Gasteiger partial charge in [-0.05, 0) is 42.8 Å². The summed E-state index contributed by atoms with van der Waals surface area (Å²) < 4.78 is 13.7. The molecule has 140 valence electrons. The van der Waals surface area contributed by atoms with Gasteiger partial charge in [0.2, 0.25) is 0 Å². The Kier molecular flexibility index (Phi) is 7.03. The van der Waals surface area contributed by atoms with Crippen LogP contribution in [0.1, 0.15) is 23.3 Å². The maximum atomic E-state index is 13.7. The average molecular weight is 375 g/mol. The summed E-state index contributed by atoms with van der Waals surface area (Å²) in [6.07, 6.45) is 2.47. The Balaban J connectivity index is 1.43. The first-order valence-corrected chi connectivity index (χ1v) is 10.0. The molecule has 0 spiro atoms. The van der Waals surface area contributed by atoms with Gasteiger partial charge < -0.3 is 10.6 Å². The topological polar surface area (TPSA) is 39.7 Å². The minimum atomic E-state index is -0.188. The molecule has 0 aliphatic carbocycles. The average Bonchev–Trinajstić information content (AvgIpc) is 3.16. The van der Waals surface area contributed by atoms with E-state index in [0.29, 0.717) is 18.0 Å². The molecule has 2 aromatic rings. The van der Waals surface area contributed by atoms with Gasteiger partial charge >= 0.3 is 0 Å². The quantitative estimate of drug-likeness (QED) is 0.601. The van der Waals surface area contributed by atoms with Gasteiger partial charge in [0.05, 0.1) is 0 Å². The summed E-state index contributed by atoms with van der Waals surface area (Å²) in [6.45, 7) is 4.65. The number of hydrogen-bond donors (Lipinski definition) is 2. The van der Waals surface area contributed by atoms with Crippen LogP contribution in [0, 0.1) is 11.7 Å². The second-order valence-corrected chi connectivity index (χ2v) is 7.75. The molecule has 6 heteroatoms. The lowest BCUT2D eigenvalue weighted by molar-refractivity contribution is 0.169. The number of rotatable bonds is 6. The number of guanidine groups is 1. The second-order valence-electron chi connectivity index (χ2n) is 6.72. The fourth-order valence-electron chi connectivity index (χ4n) is 3.37. The number of benzene rings is 1. The van der Waals surface area contributed by atoms with Gasteiger partial charge in [-0.3, -0.25) is 9.89 Å². The van der Waals surface area contributed by atoms with Gasteiger partial charge in [-0.1, -0.05) is 24.3 Å². The lowest BCUT2D eigenvalue weighted by Gasteiger charge is -2.32. The Bertz CT molecular complexity index is 702. The first-order valence-electron chi connectivity index (χ1n) is 9.17. The van der Waals surface area contributed by atoms with Gasteiger partial charge in [0.25, 0.3) is 0 Å². The van der Waals surface area contributed by atoms with Crippen LogP contribution in [0.2, 0.25) is 0 Å². The number of halogens is 1. The van der Waals surface area contributed by atoms with Crippen LogP contribution in [0.15, 0.2) is 46.8 Å². The summed E-state index contributed by atoms with van der Waals surface area (Å²) in [6, 6.07) is 11.2. The van der Waals surface area contributed by atoms with Crippen molar-refractivity contribution in [1.82, 2.24) is 15.5 Å². The minimum absolute atomic E-state index is 0.188. The van der Waals surface area contributed by atoms with Crippen LogP contribution < -0.4 is 10.6 Å². The molecule has 1 fully saturated rings. The second kappa shape index (κ2) is 9.69. The third-order valence-corrected chi connectivity index (χ3v) is 5.61. The molecule has 3 rings (SSSR count). The van der Waals surface area contributed by atoms with Crippen molar-refractivity contribution < 1.29 is 4.39 Å². The number of nitrogens with zero attached hydrogens (tertiary/aromatic N) is 2. The molecule has 1 aromatic heterocycles. The van der Waals surface area contributed by atoms with Gasteiger partial charge in [0.15, 0.2) is 5.96 Å². The molecule has 0 radical (unpaired) electrons. The summed E-state index contributed by atoms with van der Waals surface area (Å²) in [5.41, 5.74) is 0.648. The predicted molar refractivity (Wildman–Crippen MR) is 107 cm³/mol. The Morgan fingerprint density at radius 3 is 2.92 bits per heavy atom. The van der Waals surface area contributed by atoms with Crippen molar-refractivity contribution in [2.75, 3.05) is 26.7 Å². The highest BCUT2D eigenvalue weighted by molar-refractivity contribution is 7.09. The van der Waals surface area contributed by atoms with Gasteiger partial charge in [0, 0.05) is 43.7 Å². The zero-order chi connectivity index (χ0) is 18.2. The van der Waals surface area contributed by atoms with E-state index in [4.69, 9.17) is 0 Å². The molecule has 1 unspecified atom stereocenters. The Morgan fingerprint density at radius 2 is 2.15 bits per heavy atom. The third kappa shape index (κ3) is 5.54. The zero-order valence-corrected chi connectivity index (χ0v) is 16.1. The van der Waals surface area contributed by atoms with Crippen molar-refractivity contribution in [3.8, 4) is 0 Å². The first-order chi connectivity index (χ1) is 12.7. The third-order valence-electron chi connectivity index (χ3n) is 4.75. The molecule has 0 amide bonds. The predicted octanol–water partition coefficient (Wildman–Crippen LogP) is 3.46. The van der Waals surface area contributed by atoms with Crippen LogP contribution in [0.3, 0.4) is 0 Å². The molecule has 1 saturated heterocycles. The van der Waals surface area contributed by atoms with Crippen LogP contribution in [0.4, 0.5) is 4.39 Å². The first kappa shape index (κ1) is 18.9. The summed E-state index contributed by atoms with van der Waals surface area (Å²) in [5, 5.41) is 8.74. The highest BCUT2D eigenvalue weighted by Gasteiger charge is 2.20. The molecule has 4 nitrogen and oxygen atoms in total. The number of thiophene rings is 1. The van der Waals surface area contributed by atoms with E-state index in [0.717, 1.165) is 25.6 Å².